The Morgan fingerprint density at radius 3 is 2.52 bits per heavy atom. The Labute approximate surface area is 163 Å². The number of aromatic nitrogens is 1. The predicted molar refractivity (Wildman–Crippen MR) is 110 cm³/mol. The van der Waals surface area contributed by atoms with Crippen LogP contribution in [0.15, 0.2) is 42.5 Å². The molecular formula is C21H23N3O2S. The Morgan fingerprint density at radius 1 is 1.11 bits per heavy atom. The molecule has 1 aliphatic rings. The van der Waals surface area contributed by atoms with E-state index in [1.54, 1.807) is 11.3 Å². The van der Waals surface area contributed by atoms with Crippen LogP contribution in [0.2, 0.25) is 0 Å². The molecule has 0 aliphatic carbocycles. The molecule has 5 nitrogen and oxygen atoms in total. The number of ether oxygens (including phenoxy) is 1. The molecule has 0 bridgehead atoms. The maximum absolute atomic E-state index is 12.4. The van der Waals surface area contributed by atoms with Crippen LogP contribution < -0.4 is 10.1 Å². The largest absolute Gasteiger partial charge is 0.467 e. The summed E-state index contributed by atoms with van der Waals surface area (Å²) in [4.78, 5) is 18.9. The van der Waals surface area contributed by atoms with Gasteiger partial charge in [0.05, 0.1) is 10.2 Å². The predicted octanol–water partition coefficient (Wildman–Crippen LogP) is 4.99. The lowest BCUT2D eigenvalue weighted by atomic mass is 10.1. The van der Waals surface area contributed by atoms with Gasteiger partial charge in [0.15, 0.2) is 0 Å². The van der Waals surface area contributed by atoms with Crippen LogP contribution in [0.25, 0.3) is 10.2 Å². The van der Waals surface area contributed by atoms with E-state index in [0.717, 1.165) is 29.2 Å². The number of amides is 2. The van der Waals surface area contributed by atoms with Crippen LogP contribution in [0.1, 0.15) is 24.0 Å². The van der Waals surface area contributed by atoms with Crippen molar-refractivity contribution >= 4 is 33.3 Å². The number of rotatable bonds is 3. The Bertz CT molecular complexity index is 908. The molecule has 1 saturated heterocycles. The maximum atomic E-state index is 12.4. The van der Waals surface area contributed by atoms with E-state index < -0.39 is 0 Å². The summed E-state index contributed by atoms with van der Waals surface area (Å²) in [5.41, 5.74) is 4.26. The average Bonchev–Trinajstić information content (AvgIpc) is 3.11. The van der Waals surface area contributed by atoms with Gasteiger partial charge < -0.3 is 15.0 Å². The summed E-state index contributed by atoms with van der Waals surface area (Å²) in [7, 11) is 0. The quantitative estimate of drug-likeness (QED) is 0.695. The highest BCUT2D eigenvalue weighted by molar-refractivity contribution is 7.20. The van der Waals surface area contributed by atoms with Gasteiger partial charge in [-0.05, 0) is 37.1 Å². The Morgan fingerprint density at radius 2 is 1.81 bits per heavy atom. The third-order valence-electron chi connectivity index (χ3n) is 4.94. The van der Waals surface area contributed by atoms with E-state index in [2.05, 4.69) is 36.3 Å². The third-order valence-corrected chi connectivity index (χ3v) is 6.03. The second-order valence-corrected chi connectivity index (χ2v) is 7.92. The van der Waals surface area contributed by atoms with Crippen molar-refractivity contribution in [2.45, 2.75) is 32.8 Å². The van der Waals surface area contributed by atoms with Gasteiger partial charge in [0.25, 0.3) is 5.19 Å². The first-order chi connectivity index (χ1) is 13.1. The molecule has 0 unspecified atom stereocenters. The molecule has 4 rings (SSSR count). The zero-order chi connectivity index (χ0) is 18.8. The molecule has 2 heterocycles. The molecule has 1 aliphatic heterocycles. The summed E-state index contributed by atoms with van der Waals surface area (Å²) in [5, 5.41) is 3.67. The number of aryl methyl sites for hydroxylation is 2. The number of nitrogens with one attached hydrogen (secondary N) is 1. The van der Waals surface area contributed by atoms with Crippen LogP contribution in [-0.2, 0) is 0 Å². The van der Waals surface area contributed by atoms with Crippen molar-refractivity contribution in [1.82, 2.24) is 9.88 Å². The van der Waals surface area contributed by atoms with Crippen LogP contribution in [-0.4, -0.2) is 35.1 Å². The van der Waals surface area contributed by atoms with Gasteiger partial charge in [-0.15, -0.1) is 0 Å². The summed E-state index contributed by atoms with van der Waals surface area (Å²) in [6.07, 6.45) is 1.73. The van der Waals surface area contributed by atoms with Gasteiger partial charge >= 0.3 is 6.03 Å². The summed E-state index contributed by atoms with van der Waals surface area (Å²) in [6.45, 7) is 5.56. The highest BCUT2D eigenvalue weighted by atomic mass is 32.1. The van der Waals surface area contributed by atoms with Gasteiger partial charge in [0.2, 0.25) is 0 Å². The molecule has 0 spiro atoms. The molecule has 0 saturated carbocycles. The fraction of sp³-hybridized carbons (Fsp3) is 0.333. The number of fused-ring (bicyclic) bond motifs is 1. The summed E-state index contributed by atoms with van der Waals surface area (Å²) in [6, 6.07) is 13.7. The standard InChI is InChI=1S/C21H23N3O2S/c1-14-8-9-15(2)19-18(14)23-21(27-19)26-17-10-12-24(13-11-17)20(25)22-16-6-4-3-5-7-16/h3-9,17H,10-13H2,1-2H3,(H,22,25). The molecule has 1 fully saturated rings. The molecule has 1 aromatic heterocycles. The van der Waals surface area contributed by atoms with Gasteiger partial charge in [0.1, 0.15) is 6.10 Å². The van der Waals surface area contributed by atoms with Crippen molar-refractivity contribution in [3.8, 4) is 5.19 Å². The number of likely N-dealkylation sites (tertiary alicyclic amines) is 1. The van der Waals surface area contributed by atoms with E-state index >= 15 is 0 Å². The van der Waals surface area contributed by atoms with Crippen molar-refractivity contribution < 1.29 is 9.53 Å². The number of carbonyl (C=O) groups is 1. The first kappa shape index (κ1) is 17.8. The van der Waals surface area contributed by atoms with Crippen molar-refractivity contribution in [3.63, 3.8) is 0 Å². The van der Waals surface area contributed by atoms with Crippen molar-refractivity contribution in [3.05, 3.63) is 53.6 Å². The van der Waals surface area contributed by atoms with E-state index in [9.17, 15) is 4.79 Å². The number of urea groups is 1. The van der Waals surface area contributed by atoms with Gasteiger partial charge in [-0.2, -0.15) is 0 Å². The number of hydrogen-bond donors (Lipinski definition) is 1. The number of para-hydroxylation sites is 1. The zero-order valence-electron chi connectivity index (χ0n) is 15.6. The highest BCUT2D eigenvalue weighted by Gasteiger charge is 2.25. The highest BCUT2D eigenvalue weighted by Crippen LogP contribution is 2.33. The molecular weight excluding hydrogens is 358 g/mol. The van der Waals surface area contributed by atoms with Gasteiger partial charge in [-0.25, -0.2) is 9.78 Å². The summed E-state index contributed by atoms with van der Waals surface area (Å²) in [5.74, 6) is 0. The molecule has 140 valence electrons. The first-order valence-corrected chi connectivity index (χ1v) is 10.1. The number of carbonyl (C=O) groups excluding carboxylic acids is 1. The minimum absolute atomic E-state index is 0.0501. The Balaban J connectivity index is 1.35. The maximum Gasteiger partial charge on any atom is 0.321 e. The minimum Gasteiger partial charge on any atom is -0.467 e. The Kier molecular flexibility index (Phi) is 4.99. The van der Waals surface area contributed by atoms with Crippen molar-refractivity contribution in [2.75, 3.05) is 18.4 Å². The summed E-state index contributed by atoms with van der Waals surface area (Å²) >= 11 is 1.61. The second kappa shape index (κ2) is 7.56. The number of anilines is 1. The zero-order valence-corrected chi connectivity index (χ0v) is 16.4. The smallest absolute Gasteiger partial charge is 0.321 e. The number of benzene rings is 2. The van der Waals surface area contributed by atoms with E-state index in [4.69, 9.17) is 4.74 Å². The molecule has 27 heavy (non-hydrogen) atoms. The van der Waals surface area contributed by atoms with Crippen LogP contribution in [0.4, 0.5) is 10.5 Å². The van der Waals surface area contributed by atoms with E-state index in [1.165, 1.54) is 15.8 Å². The van der Waals surface area contributed by atoms with Crippen molar-refractivity contribution in [1.29, 1.82) is 0 Å². The molecule has 2 amide bonds. The van der Waals surface area contributed by atoms with Crippen molar-refractivity contribution in [2.24, 2.45) is 0 Å². The van der Waals surface area contributed by atoms with Crippen LogP contribution in [0, 0.1) is 13.8 Å². The number of hydrogen-bond acceptors (Lipinski definition) is 4. The molecule has 6 heteroatoms. The minimum atomic E-state index is -0.0501. The lowest BCUT2D eigenvalue weighted by Crippen LogP contribution is -2.43. The molecule has 3 aromatic rings. The molecule has 2 aromatic carbocycles. The van der Waals surface area contributed by atoms with Crippen LogP contribution in [0.5, 0.6) is 5.19 Å². The van der Waals surface area contributed by atoms with Crippen LogP contribution in [0.3, 0.4) is 0 Å². The van der Waals surface area contributed by atoms with Crippen LogP contribution >= 0.6 is 11.3 Å². The van der Waals surface area contributed by atoms with E-state index in [-0.39, 0.29) is 12.1 Å². The lowest BCUT2D eigenvalue weighted by Gasteiger charge is -2.31. The van der Waals surface area contributed by atoms with E-state index in [0.29, 0.717) is 13.1 Å². The topological polar surface area (TPSA) is 54.5 Å². The van der Waals surface area contributed by atoms with Gasteiger partial charge in [-0.1, -0.05) is 41.7 Å². The number of thiazole rings is 1. The molecule has 0 radical (unpaired) electrons. The lowest BCUT2D eigenvalue weighted by molar-refractivity contribution is 0.115. The van der Waals surface area contributed by atoms with E-state index in [1.807, 2.05) is 35.2 Å². The monoisotopic (exact) mass is 381 g/mol. The average molecular weight is 382 g/mol. The third kappa shape index (κ3) is 3.90. The van der Waals surface area contributed by atoms with Gasteiger partial charge in [-0.3, -0.25) is 0 Å². The fourth-order valence-electron chi connectivity index (χ4n) is 3.33. The normalized spacial score (nSPS) is 15.1. The molecule has 1 N–H and O–H groups in total. The number of piperidine rings is 1. The molecule has 0 atom stereocenters. The first-order valence-electron chi connectivity index (χ1n) is 9.24. The number of nitrogens with zero attached hydrogens (tertiary/aromatic N) is 2. The summed E-state index contributed by atoms with van der Waals surface area (Å²) < 4.78 is 7.34. The van der Waals surface area contributed by atoms with Gasteiger partial charge in [0, 0.05) is 31.6 Å². The SMILES string of the molecule is Cc1ccc(C)c2sc(OC3CCN(C(=O)Nc4ccccc4)CC3)nc12. The Hall–Kier alpha value is -2.60. The fourth-order valence-corrected chi connectivity index (χ4v) is 4.36. The second-order valence-electron chi connectivity index (χ2n) is 6.96.